The molecule has 0 bridgehead atoms. The highest BCUT2D eigenvalue weighted by atomic mass is 16.6. The summed E-state index contributed by atoms with van der Waals surface area (Å²) in [4.78, 5) is 0. The van der Waals surface area contributed by atoms with Crippen molar-refractivity contribution in [2.45, 2.75) is 44.0 Å². The predicted molar refractivity (Wildman–Crippen MR) is 62.4 cm³/mol. The highest BCUT2D eigenvalue weighted by molar-refractivity contribution is 5.14. The molecule has 0 aromatic heterocycles. The smallest absolute Gasteiger partial charge is 0.0863 e. The van der Waals surface area contributed by atoms with E-state index >= 15 is 0 Å². The molecule has 86 valence electrons. The number of hydrogen-bond donors (Lipinski definition) is 0. The number of ether oxygens (including phenoxy) is 2. The lowest BCUT2D eigenvalue weighted by Crippen LogP contribution is -2.13. The number of benzene rings is 1. The van der Waals surface area contributed by atoms with E-state index in [-0.39, 0.29) is 0 Å². The fourth-order valence-corrected chi connectivity index (χ4v) is 2.72. The first kappa shape index (κ1) is 10.3. The zero-order valence-corrected chi connectivity index (χ0v) is 9.47. The fraction of sp³-hybridized carbons (Fsp3) is 0.571. The molecule has 0 spiro atoms. The lowest BCUT2D eigenvalue weighted by Gasteiger charge is -2.11. The van der Waals surface area contributed by atoms with E-state index in [0.717, 1.165) is 32.3 Å². The van der Waals surface area contributed by atoms with Gasteiger partial charge in [-0.3, -0.25) is 0 Å². The van der Waals surface area contributed by atoms with Gasteiger partial charge in [0.1, 0.15) is 0 Å². The van der Waals surface area contributed by atoms with Gasteiger partial charge in [0.25, 0.3) is 0 Å². The average molecular weight is 218 g/mol. The van der Waals surface area contributed by atoms with Crippen LogP contribution in [0.2, 0.25) is 0 Å². The highest BCUT2D eigenvalue weighted by Crippen LogP contribution is 2.32. The van der Waals surface area contributed by atoms with Crippen molar-refractivity contribution in [3.05, 3.63) is 35.9 Å². The van der Waals surface area contributed by atoms with Gasteiger partial charge in [-0.25, -0.2) is 0 Å². The topological polar surface area (TPSA) is 18.5 Å². The number of aryl methyl sites for hydroxylation is 1. The average Bonchev–Trinajstić information content (AvgIpc) is 2.88. The van der Waals surface area contributed by atoms with Gasteiger partial charge in [-0.2, -0.15) is 0 Å². The minimum atomic E-state index is 0.390. The van der Waals surface area contributed by atoms with E-state index in [2.05, 4.69) is 30.3 Å². The maximum Gasteiger partial charge on any atom is 0.0863 e. The SMILES string of the molecule is c1ccc(CCC2CC3OCCC3O2)cc1. The first-order valence-electron chi connectivity index (χ1n) is 6.23. The quantitative estimate of drug-likeness (QED) is 0.776. The number of hydrogen-bond acceptors (Lipinski definition) is 2. The molecule has 2 heterocycles. The van der Waals surface area contributed by atoms with E-state index in [1.165, 1.54) is 5.56 Å². The Bertz CT molecular complexity index is 324. The van der Waals surface area contributed by atoms with E-state index in [1.807, 2.05) is 0 Å². The molecule has 0 aliphatic carbocycles. The van der Waals surface area contributed by atoms with Gasteiger partial charge in [-0.15, -0.1) is 0 Å². The third-order valence-corrected chi connectivity index (χ3v) is 3.61. The predicted octanol–water partition coefficient (Wildman–Crippen LogP) is 2.57. The molecule has 2 heteroatoms. The summed E-state index contributed by atoms with van der Waals surface area (Å²) >= 11 is 0. The zero-order chi connectivity index (χ0) is 10.8. The van der Waals surface area contributed by atoms with Crippen molar-refractivity contribution >= 4 is 0 Å². The number of rotatable bonds is 3. The van der Waals surface area contributed by atoms with Crippen LogP contribution in [0.5, 0.6) is 0 Å². The lowest BCUT2D eigenvalue weighted by molar-refractivity contribution is 0.0354. The molecule has 0 N–H and O–H groups in total. The van der Waals surface area contributed by atoms with E-state index in [9.17, 15) is 0 Å². The second kappa shape index (κ2) is 4.56. The third-order valence-electron chi connectivity index (χ3n) is 3.61. The monoisotopic (exact) mass is 218 g/mol. The van der Waals surface area contributed by atoms with Gasteiger partial charge in [-0.05, 0) is 24.8 Å². The second-order valence-corrected chi connectivity index (χ2v) is 4.75. The summed E-state index contributed by atoms with van der Waals surface area (Å²) in [6, 6.07) is 10.6. The van der Waals surface area contributed by atoms with Crippen LogP contribution in [0.4, 0.5) is 0 Å². The van der Waals surface area contributed by atoms with Gasteiger partial charge in [0.05, 0.1) is 18.3 Å². The summed E-state index contributed by atoms with van der Waals surface area (Å²) in [5, 5.41) is 0. The Kier molecular flexibility index (Phi) is 2.94. The maximum absolute atomic E-state index is 5.98. The van der Waals surface area contributed by atoms with E-state index in [0.29, 0.717) is 18.3 Å². The molecule has 2 aliphatic heterocycles. The standard InChI is InChI=1S/C14H18O2/c1-2-4-11(5-3-1)6-7-12-10-14-13(16-12)8-9-15-14/h1-5,12-14H,6-10H2. The molecule has 3 rings (SSSR count). The van der Waals surface area contributed by atoms with Gasteiger partial charge < -0.3 is 9.47 Å². The van der Waals surface area contributed by atoms with Crippen LogP contribution in [0.25, 0.3) is 0 Å². The minimum absolute atomic E-state index is 0.390. The van der Waals surface area contributed by atoms with Crippen molar-refractivity contribution < 1.29 is 9.47 Å². The Hall–Kier alpha value is -0.860. The van der Waals surface area contributed by atoms with Crippen molar-refractivity contribution in [2.75, 3.05) is 6.61 Å². The van der Waals surface area contributed by atoms with Gasteiger partial charge in [0.2, 0.25) is 0 Å². The molecule has 0 radical (unpaired) electrons. The van der Waals surface area contributed by atoms with Crippen molar-refractivity contribution in [1.82, 2.24) is 0 Å². The van der Waals surface area contributed by atoms with Crippen LogP contribution in [0.1, 0.15) is 24.8 Å². The summed E-state index contributed by atoms with van der Waals surface area (Å²) in [6.07, 6.45) is 5.62. The molecule has 1 aromatic carbocycles. The highest BCUT2D eigenvalue weighted by Gasteiger charge is 2.38. The van der Waals surface area contributed by atoms with Crippen LogP contribution < -0.4 is 0 Å². The molecule has 2 nitrogen and oxygen atoms in total. The van der Waals surface area contributed by atoms with E-state index in [4.69, 9.17) is 9.47 Å². The number of fused-ring (bicyclic) bond motifs is 1. The maximum atomic E-state index is 5.98. The molecular formula is C14H18O2. The Morgan fingerprint density at radius 3 is 2.81 bits per heavy atom. The van der Waals surface area contributed by atoms with Crippen LogP contribution in [-0.2, 0) is 15.9 Å². The third kappa shape index (κ3) is 2.13. The Morgan fingerprint density at radius 2 is 2.00 bits per heavy atom. The van der Waals surface area contributed by atoms with Gasteiger partial charge >= 0.3 is 0 Å². The fourth-order valence-electron chi connectivity index (χ4n) is 2.72. The van der Waals surface area contributed by atoms with Gasteiger partial charge in [-0.1, -0.05) is 30.3 Å². The van der Waals surface area contributed by atoms with Gasteiger partial charge in [0.15, 0.2) is 0 Å². The van der Waals surface area contributed by atoms with E-state index in [1.54, 1.807) is 0 Å². The Balaban J connectivity index is 1.50. The molecule has 2 aliphatic rings. The normalized spacial score (nSPS) is 32.9. The van der Waals surface area contributed by atoms with Crippen molar-refractivity contribution in [1.29, 1.82) is 0 Å². The Labute approximate surface area is 96.6 Å². The molecular weight excluding hydrogens is 200 g/mol. The molecule has 16 heavy (non-hydrogen) atoms. The molecule has 0 saturated carbocycles. The summed E-state index contributed by atoms with van der Waals surface area (Å²) in [7, 11) is 0. The zero-order valence-electron chi connectivity index (χ0n) is 9.47. The first-order valence-corrected chi connectivity index (χ1v) is 6.23. The largest absolute Gasteiger partial charge is 0.375 e. The summed E-state index contributed by atoms with van der Waals surface area (Å²) in [5.74, 6) is 0. The van der Waals surface area contributed by atoms with Crippen LogP contribution in [0.3, 0.4) is 0 Å². The van der Waals surface area contributed by atoms with Crippen molar-refractivity contribution in [3.8, 4) is 0 Å². The van der Waals surface area contributed by atoms with E-state index < -0.39 is 0 Å². The molecule has 2 fully saturated rings. The van der Waals surface area contributed by atoms with Crippen LogP contribution >= 0.6 is 0 Å². The minimum Gasteiger partial charge on any atom is -0.375 e. The Morgan fingerprint density at radius 1 is 1.12 bits per heavy atom. The molecule has 2 saturated heterocycles. The van der Waals surface area contributed by atoms with Crippen LogP contribution in [0, 0.1) is 0 Å². The molecule has 1 aromatic rings. The molecule has 3 unspecified atom stereocenters. The van der Waals surface area contributed by atoms with Crippen molar-refractivity contribution in [2.24, 2.45) is 0 Å². The second-order valence-electron chi connectivity index (χ2n) is 4.75. The summed E-state index contributed by atoms with van der Waals surface area (Å²) in [5.41, 5.74) is 1.41. The van der Waals surface area contributed by atoms with Gasteiger partial charge in [0, 0.05) is 13.0 Å². The molecule has 0 amide bonds. The lowest BCUT2D eigenvalue weighted by atomic mass is 10.0. The molecule has 3 atom stereocenters. The summed E-state index contributed by atoms with van der Waals surface area (Å²) in [6.45, 7) is 0.890. The first-order chi connectivity index (χ1) is 7.92. The summed E-state index contributed by atoms with van der Waals surface area (Å²) < 4.78 is 11.6. The van der Waals surface area contributed by atoms with Crippen LogP contribution in [0.15, 0.2) is 30.3 Å². The van der Waals surface area contributed by atoms with Crippen LogP contribution in [-0.4, -0.2) is 24.9 Å². The van der Waals surface area contributed by atoms with Crippen molar-refractivity contribution in [3.63, 3.8) is 0 Å².